The number of hydrogen-bond donors (Lipinski definition) is 1. The number of esters is 1. The van der Waals surface area contributed by atoms with Gasteiger partial charge < -0.3 is 14.8 Å². The van der Waals surface area contributed by atoms with Crippen molar-refractivity contribution in [1.29, 1.82) is 0 Å². The molecule has 0 aliphatic carbocycles. The highest BCUT2D eigenvalue weighted by molar-refractivity contribution is 6.33. The summed E-state index contributed by atoms with van der Waals surface area (Å²) < 4.78 is 13.4. The first kappa shape index (κ1) is 17.7. The molecule has 26 heavy (non-hydrogen) atoms. The molecule has 0 spiro atoms. The van der Waals surface area contributed by atoms with Gasteiger partial charge in [-0.25, -0.2) is 9.48 Å². The van der Waals surface area contributed by atoms with Crippen LogP contribution in [0.4, 0.5) is 5.69 Å². The molecule has 3 rings (SSSR count). The van der Waals surface area contributed by atoms with Crippen molar-refractivity contribution in [2.24, 2.45) is 7.05 Å². The lowest BCUT2D eigenvalue weighted by molar-refractivity contribution is -0.140. The molecule has 0 amide bonds. The minimum Gasteiger partial charge on any atom is -0.451 e. The predicted molar refractivity (Wildman–Crippen MR) is 96.9 cm³/mol. The Morgan fingerprint density at radius 3 is 2.69 bits per heavy atom. The van der Waals surface area contributed by atoms with Gasteiger partial charge in [0.2, 0.25) is 0 Å². The molecule has 0 radical (unpaired) electrons. The lowest BCUT2D eigenvalue weighted by atomic mass is 10.3. The maximum Gasteiger partial charge on any atom is 0.338 e. The van der Waals surface area contributed by atoms with Crippen LogP contribution in [0.3, 0.4) is 0 Å². The third kappa shape index (κ3) is 2.95. The van der Waals surface area contributed by atoms with Gasteiger partial charge >= 0.3 is 11.9 Å². The van der Waals surface area contributed by atoms with Crippen LogP contribution in [0.15, 0.2) is 46.8 Å². The van der Waals surface area contributed by atoms with E-state index in [2.05, 4.69) is 11.2 Å². The van der Waals surface area contributed by atoms with E-state index in [-0.39, 0.29) is 29.5 Å². The van der Waals surface area contributed by atoms with E-state index in [1.165, 1.54) is 4.68 Å². The minimum atomic E-state index is -1.12. The molecule has 0 bridgehead atoms. The maximum atomic E-state index is 12.9. The van der Waals surface area contributed by atoms with Crippen LogP contribution in [-0.4, -0.2) is 27.3 Å². The van der Waals surface area contributed by atoms with E-state index in [0.717, 1.165) is 0 Å². The smallest absolute Gasteiger partial charge is 0.338 e. The number of para-hydroxylation sites is 1. The van der Waals surface area contributed by atoms with Crippen LogP contribution >= 0.6 is 11.6 Å². The van der Waals surface area contributed by atoms with Gasteiger partial charge in [-0.2, -0.15) is 0 Å². The van der Waals surface area contributed by atoms with Crippen LogP contribution in [0.25, 0.3) is 5.69 Å². The van der Waals surface area contributed by atoms with E-state index in [9.17, 15) is 9.59 Å². The molecule has 134 valence electrons. The number of hydrogen-bond acceptors (Lipinski definition) is 5. The molecule has 8 heteroatoms. The van der Waals surface area contributed by atoms with Crippen molar-refractivity contribution >= 4 is 23.3 Å². The molecule has 1 unspecified atom stereocenters. The number of anilines is 1. The molecule has 1 aromatic heterocycles. The number of ether oxygens (including phenoxy) is 2. The third-order valence-corrected chi connectivity index (χ3v) is 4.37. The fourth-order valence-corrected chi connectivity index (χ4v) is 2.78. The summed E-state index contributed by atoms with van der Waals surface area (Å²) >= 11 is 6.08. The molecule has 1 aromatic carbocycles. The average molecular weight is 374 g/mol. The summed E-state index contributed by atoms with van der Waals surface area (Å²) in [5.41, 5.74) is 1.46. The van der Waals surface area contributed by atoms with Gasteiger partial charge in [-0.15, -0.1) is 18.0 Å². The average Bonchev–Trinajstić information content (AvgIpc) is 3.02. The molecular formula is C18H16ClN3O4. The summed E-state index contributed by atoms with van der Waals surface area (Å²) in [6.07, 6.45) is 5.16. The molecule has 1 aliphatic heterocycles. The van der Waals surface area contributed by atoms with Crippen molar-refractivity contribution in [3.05, 3.63) is 58.0 Å². The van der Waals surface area contributed by atoms with Gasteiger partial charge in [0.05, 0.1) is 11.4 Å². The number of carbonyl (C=O) groups is 1. The molecule has 0 saturated carbocycles. The molecular weight excluding hydrogens is 358 g/mol. The van der Waals surface area contributed by atoms with Crippen molar-refractivity contribution < 1.29 is 14.3 Å². The normalized spacial score (nSPS) is 16.4. The van der Waals surface area contributed by atoms with Crippen molar-refractivity contribution in [2.45, 2.75) is 12.3 Å². The van der Waals surface area contributed by atoms with E-state index in [1.54, 1.807) is 18.7 Å². The van der Waals surface area contributed by atoms with Gasteiger partial charge in [0.25, 0.3) is 5.56 Å². The van der Waals surface area contributed by atoms with E-state index in [0.29, 0.717) is 11.4 Å². The molecule has 7 nitrogen and oxygen atoms in total. The minimum absolute atomic E-state index is 0.0978. The van der Waals surface area contributed by atoms with E-state index >= 15 is 0 Å². The molecule has 0 fully saturated rings. The Bertz CT molecular complexity index is 982. The topological polar surface area (TPSA) is 74.5 Å². The second-order valence-electron chi connectivity index (χ2n) is 5.54. The maximum absolute atomic E-state index is 12.9. The third-order valence-electron chi connectivity index (χ3n) is 3.97. The number of carbonyl (C=O) groups excluding carboxylic acids is 1. The van der Waals surface area contributed by atoms with Crippen LogP contribution in [0.5, 0.6) is 0 Å². The van der Waals surface area contributed by atoms with E-state index in [1.807, 2.05) is 30.3 Å². The number of alkyl halides is 1. The number of cyclic esters (lactones) is 1. The zero-order valence-corrected chi connectivity index (χ0v) is 14.9. The number of terminal acetylenes is 1. The highest BCUT2D eigenvalue weighted by atomic mass is 35.5. The monoisotopic (exact) mass is 373 g/mol. The lowest BCUT2D eigenvalue weighted by Gasteiger charge is -2.08. The SMILES string of the molecule is C#CCOC1=C(Nc2c(C)n(C)n(-c3ccccc3)c2=O)C(Cl)C(=O)O1. The largest absolute Gasteiger partial charge is 0.451 e. The first-order valence-electron chi connectivity index (χ1n) is 7.73. The number of aromatic nitrogens is 2. The molecule has 1 N–H and O–H groups in total. The second-order valence-corrected chi connectivity index (χ2v) is 5.98. The first-order valence-corrected chi connectivity index (χ1v) is 8.16. The zero-order valence-electron chi connectivity index (χ0n) is 14.2. The Balaban J connectivity index is 2.04. The van der Waals surface area contributed by atoms with Gasteiger partial charge in [-0.3, -0.25) is 9.48 Å². The zero-order chi connectivity index (χ0) is 18.8. The van der Waals surface area contributed by atoms with Crippen LogP contribution < -0.4 is 10.9 Å². The molecule has 0 saturated heterocycles. The number of rotatable bonds is 5. The summed E-state index contributed by atoms with van der Waals surface area (Å²) in [6.45, 7) is 1.67. The summed E-state index contributed by atoms with van der Waals surface area (Å²) in [5, 5.41) is 1.78. The Labute approximate surface area is 154 Å². The summed E-state index contributed by atoms with van der Waals surface area (Å²) in [5.74, 6) is 1.46. The van der Waals surface area contributed by atoms with E-state index in [4.69, 9.17) is 27.5 Å². The van der Waals surface area contributed by atoms with Crippen LogP contribution in [-0.2, 0) is 21.3 Å². The van der Waals surface area contributed by atoms with Gasteiger partial charge in [0, 0.05) is 7.05 Å². The molecule has 2 aromatic rings. The van der Waals surface area contributed by atoms with Crippen LogP contribution in [0.2, 0.25) is 0 Å². The van der Waals surface area contributed by atoms with Crippen molar-refractivity contribution in [1.82, 2.24) is 9.36 Å². The number of halogens is 1. The summed E-state index contributed by atoms with van der Waals surface area (Å²) in [7, 11) is 1.76. The fourth-order valence-electron chi connectivity index (χ4n) is 2.60. The first-order chi connectivity index (χ1) is 12.5. The van der Waals surface area contributed by atoms with Crippen molar-refractivity contribution in [3.63, 3.8) is 0 Å². The van der Waals surface area contributed by atoms with Crippen molar-refractivity contribution in [3.8, 4) is 18.0 Å². The predicted octanol–water partition coefficient (Wildman–Crippen LogP) is 1.88. The van der Waals surface area contributed by atoms with Crippen LogP contribution in [0, 0.1) is 19.3 Å². The number of nitrogens with one attached hydrogen (secondary N) is 1. The highest BCUT2D eigenvalue weighted by Gasteiger charge is 2.37. The second kappa shape index (κ2) is 7.02. The summed E-state index contributed by atoms with van der Waals surface area (Å²) in [4.78, 5) is 24.7. The highest BCUT2D eigenvalue weighted by Crippen LogP contribution is 2.28. The Hall–Kier alpha value is -3.11. The van der Waals surface area contributed by atoms with Gasteiger partial charge in [0.1, 0.15) is 11.4 Å². The number of nitrogens with zero attached hydrogens (tertiary/aromatic N) is 2. The van der Waals surface area contributed by atoms with Crippen LogP contribution in [0.1, 0.15) is 5.69 Å². The molecule has 2 heterocycles. The fraction of sp³-hybridized carbons (Fsp3) is 0.222. The van der Waals surface area contributed by atoms with Gasteiger partial charge in [-0.05, 0) is 19.1 Å². The Kier molecular flexibility index (Phi) is 4.78. The van der Waals surface area contributed by atoms with E-state index < -0.39 is 11.3 Å². The standard InChI is InChI=1S/C18H16ClN3O4/c1-4-10-25-18-15(13(19)17(24)26-18)20-14-11(2)21(3)22(16(14)23)12-8-6-5-7-9-12/h1,5-9,13,20H,10H2,2-3H3. The van der Waals surface area contributed by atoms with Gasteiger partial charge in [-0.1, -0.05) is 24.1 Å². The molecule has 1 aliphatic rings. The quantitative estimate of drug-likeness (QED) is 0.492. The Morgan fingerprint density at radius 1 is 1.35 bits per heavy atom. The summed E-state index contributed by atoms with van der Waals surface area (Å²) in [6, 6.07) is 9.17. The van der Waals surface area contributed by atoms with Gasteiger partial charge in [0.15, 0.2) is 12.0 Å². The number of benzene rings is 1. The molecule has 1 atom stereocenters. The lowest BCUT2D eigenvalue weighted by Crippen LogP contribution is -2.22. The Morgan fingerprint density at radius 2 is 2.04 bits per heavy atom. The van der Waals surface area contributed by atoms with Crippen molar-refractivity contribution in [2.75, 3.05) is 11.9 Å².